The molecule has 1 unspecified atom stereocenters. The number of thiophene rings is 1. The van der Waals surface area contributed by atoms with Gasteiger partial charge in [0.15, 0.2) is 0 Å². The summed E-state index contributed by atoms with van der Waals surface area (Å²) in [5.74, 6) is 0. The fourth-order valence-corrected chi connectivity index (χ4v) is 2.62. The predicted molar refractivity (Wildman–Crippen MR) is 71.0 cm³/mol. The monoisotopic (exact) mass is 307 g/mol. The molecular formula is C11H18BrNO2S. The Bertz CT molecular complexity index is 293. The van der Waals surface area contributed by atoms with Crippen molar-refractivity contribution in [3.63, 3.8) is 0 Å². The molecule has 0 spiro atoms. The van der Waals surface area contributed by atoms with Gasteiger partial charge in [-0.3, -0.25) is 0 Å². The second-order valence-corrected chi connectivity index (χ2v) is 6.10. The number of hydrogen-bond acceptors (Lipinski definition) is 4. The van der Waals surface area contributed by atoms with Crippen LogP contribution in [0.4, 0.5) is 0 Å². The second-order valence-electron chi connectivity index (χ2n) is 3.56. The molecule has 1 aromatic rings. The Balaban J connectivity index is 2.08. The summed E-state index contributed by atoms with van der Waals surface area (Å²) >= 11 is 5.21. The van der Waals surface area contributed by atoms with Crippen molar-refractivity contribution in [3.05, 3.63) is 20.8 Å². The molecule has 16 heavy (non-hydrogen) atoms. The van der Waals surface area contributed by atoms with Gasteiger partial charge in [0, 0.05) is 24.6 Å². The maximum Gasteiger partial charge on any atom is 0.0701 e. The third-order valence-corrected chi connectivity index (χ3v) is 3.68. The van der Waals surface area contributed by atoms with Gasteiger partial charge in [-0.2, -0.15) is 0 Å². The van der Waals surface area contributed by atoms with Gasteiger partial charge in [-0.1, -0.05) is 0 Å². The average Bonchev–Trinajstić information content (AvgIpc) is 2.68. The Labute approximate surface area is 109 Å². The van der Waals surface area contributed by atoms with E-state index in [4.69, 9.17) is 9.47 Å². The molecule has 0 fully saturated rings. The third kappa shape index (κ3) is 5.96. The van der Waals surface area contributed by atoms with Gasteiger partial charge in [0.25, 0.3) is 0 Å². The van der Waals surface area contributed by atoms with Crippen LogP contribution >= 0.6 is 27.3 Å². The zero-order valence-electron chi connectivity index (χ0n) is 9.66. The van der Waals surface area contributed by atoms with Crippen LogP contribution in [0.2, 0.25) is 0 Å². The summed E-state index contributed by atoms with van der Waals surface area (Å²) in [4.78, 5) is 1.33. The number of nitrogens with one attached hydrogen (secondary N) is 1. The maximum absolute atomic E-state index is 5.44. The fraction of sp³-hybridized carbons (Fsp3) is 0.636. The molecule has 0 aliphatic rings. The van der Waals surface area contributed by atoms with Crippen LogP contribution in [0.1, 0.15) is 11.8 Å². The van der Waals surface area contributed by atoms with Crippen LogP contribution in [0.25, 0.3) is 0 Å². The van der Waals surface area contributed by atoms with Crippen molar-refractivity contribution in [2.24, 2.45) is 0 Å². The topological polar surface area (TPSA) is 30.5 Å². The first-order chi connectivity index (χ1) is 7.72. The van der Waals surface area contributed by atoms with E-state index in [1.165, 1.54) is 8.66 Å². The largest absolute Gasteiger partial charge is 0.382 e. The van der Waals surface area contributed by atoms with E-state index in [2.05, 4.69) is 40.3 Å². The van der Waals surface area contributed by atoms with Crippen LogP contribution in [0.15, 0.2) is 15.9 Å². The molecule has 92 valence electrons. The summed E-state index contributed by atoms with van der Waals surface area (Å²) in [6.07, 6.45) is 0. The molecule has 1 heterocycles. The summed E-state index contributed by atoms with van der Waals surface area (Å²) in [5.41, 5.74) is 0. The molecule has 0 saturated carbocycles. The molecule has 3 nitrogen and oxygen atoms in total. The lowest BCUT2D eigenvalue weighted by atomic mass is 10.3. The number of methoxy groups -OCH3 is 1. The molecule has 0 amide bonds. The number of rotatable bonds is 8. The first kappa shape index (κ1) is 14.1. The first-order valence-corrected chi connectivity index (χ1v) is 6.87. The zero-order valence-corrected chi connectivity index (χ0v) is 12.1. The minimum atomic E-state index is 0.359. The smallest absolute Gasteiger partial charge is 0.0701 e. The standard InChI is InChI=1S/C11H18BrNO2S/c1-9(8-15-6-5-14-2)13-7-10-3-4-11(12)16-10/h3-4,9,13H,5-8H2,1-2H3. The van der Waals surface area contributed by atoms with Crippen molar-refractivity contribution < 1.29 is 9.47 Å². The highest BCUT2D eigenvalue weighted by Crippen LogP contribution is 2.21. The van der Waals surface area contributed by atoms with Gasteiger partial charge < -0.3 is 14.8 Å². The SMILES string of the molecule is COCCOCC(C)NCc1ccc(Br)s1. The second kappa shape index (κ2) is 8.20. The Hall–Kier alpha value is 0.0600. The van der Waals surface area contributed by atoms with Crippen molar-refractivity contribution in [2.75, 3.05) is 26.9 Å². The Morgan fingerprint density at radius 2 is 2.25 bits per heavy atom. The van der Waals surface area contributed by atoms with E-state index in [0.29, 0.717) is 19.3 Å². The van der Waals surface area contributed by atoms with Crippen molar-refractivity contribution in [1.29, 1.82) is 0 Å². The first-order valence-electron chi connectivity index (χ1n) is 5.26. The average molecular weight is 308 g/mol. The summed E-state index contributed by atoms with van der Waals surface area (Å²) < 4.78 is 11.5. The third-order valence-electron chi connectivity index (χ3n) is 2.05. The van der Waals surface area contributed by atoms with E-state index in [1.54, 1.807) is 18.4 Å². The number of hydrogen-bond donors (Lipinski definition) is 1. The lowest BCUT2D eigenvalue weighted by molar-refractivity contribution is 0.0609. The highest BCUT2D eigenvalue weighted by atomic mass is 79.9. The van der Waals surface area contributed by atoms with Crippen molar-refractivity contribution >= 4 is 27.3 Å². The molecule has 1 aromatic heterocycles. The van der Waals surface area contributed by atoms with Crippen LogP contribution in [0.5, 0.6) is 0 Å². The fourth-order valence-electron chi connectivity index (χ4n) is 1.18. The van der Waals surface area contributed by atoms with Crippen LogP contribution in [-0.4, -0.2) is 33.0 Å². The quantitative estimate of drug-likeness (QED) is 0.749. The summed E-state index contributed by atoms with van der Waals surface area (Å²) in [6.45, 7) is 5.05. The van der Waals surface area contributed by atoms with Gasteiger partial charge in [0.2, 0.25) is 0 Å². The minimum Gasteiger partial charge on any atom is -0.382 e. The van der Waals surface area contributed by atoms with E-state index in [1.807, 2.05) is 0 Å². The Morgan fingerprint density at radius 3 is 2.88 bits per heavy atom. The van der Waals surface area contributed by atoms with E-state index in [-0.39, 0.29) is 0 Å². The molecule has 5 heteroatoms. The molecule has 1 N–H and O–H groups in total. The van der Waals surface area contributed by atoms with Crippen LogP contribution in [0, 0.1) is 0 Å². The zero-order chi connectivity index (χ0) is 11.8. The van der Waals surface area contributed by atoms with E-state index < -0.39 is 0 Å². The molecule has 0 aromatic carbocycles. The minimum absolute atomic E-state index is 0.359. The molecule has 0 saturated heterocycles. The predicted octanol–water partition coefficient (Wildman–Crippen LogP) is 2.65. The number of ether oxygens (including phenoxy) is 2. The highest BCUT2D eigenvalue weighted by Gasteiger charge is 2.03. The van der Waals surface area contributed by atoms with Crippen molar-refractivity contribution in [1.82, 2.24) is 5.32 Å². The van der Waals surface area contributed by atoms with Gasteiger partial charge in [-0.05, 0) is 35.0 Å². The number of halogens is 1. The molecule has 0 radical (unpaired) electrons. The Morgan fingerprint density at radius 1 is 1.44 bits per heavy atom. The summed E-state index contributed by atoms with van der Waals surface area (Å²) in [6, 6.07) is 4.56. The van der Waals surface area contributed by atoms with Gasteiger partial charge in [-0.25, -0.2) is 0 Å². The normalized spacial score (nSPS) is 12.9. The molecule has 0 aliphatic carbocycles. The molecular weight excluding hydrogens is 290 g/mol. The van der Waals surface area contributed by atoms with Crippen LogP contribution < -0.4 is 5.32 Å². The van der Waals surface area contributed by atoms with Crippen molar-refractivity contribution in [3.8, 4) is 0 Å². The summed E-state index contributed by atoms with van der Waals surface area (Å²) in [5, 5.41) is 3.41. The molecule has 1 atom stereocenters. The van der Waals surface area contributed by atoms with Gasteiger partial charge >= 0.3 is 0 Å². The van der Waals surface area contributed by atoms with E-state index in [0.717, 1.165) is 13.2 Å². The van der Waals surface area contributed by atoms with E-state index >= 15 is 0 Å². The molecule has 0 bridgehead atoms. The Kier molecular flexibility index (Phi) is 7.23. The van der Waals surface area contributed by atoms with E-state index in [9.17, 15) is 0 Å². The molecule has 1 rings (SSSR count). The van der Waals surface area contributed by atoms with Gasteiger partial charge in [-0.15, -0.1) is 11.3 Å². The highest BCUT2D eigenvalue weighted by molar-refractivity contribution is 9.11. The molecule has 0 aliphatic heterocycles. The van der Waals surface area contributed by atoms with Crippen LogP contribution in [0.3, 0.4) is 0 Å². The summed E-state index contributed by atoms with van der Waals surface area (Å²) in [7, 11) is 1.68. The lowest BCUT2D eigenvalue weighted by Crippen LogP contribution is -2.30. The lowest BCUT2D eigenvalue weighted by Gasteiger charge is -2.13. The van der Waals surface area contributed by atoms with Gasteiger partial charge in [0.05, 0.1) is 23.6 Å². The van der Waals surface area contributed by atoms with Crippen molar-refractivity contribution in [2.45, 2.75) is 19.5 Å². The van der Waals surface area contributed by atoms with Crippen LogP contribution in [-0.2, 0) is 16.0 Å². The maximum atomic E-state index is 5.44. The van der Waals surface area contributed by atoms with Gasteiger partial charge in [0.1, 0.15) is 0 Å².